The highest BCUT2D eigenvalue weighted by Crippen LogP contribution is 2.41. The lowest BCUT2D eigenvalue weighted by Gasteiger charge is -2.27. The molecular formula is C22H32N4O. The lowest BCUT2D eigenvalue weighted by Crippen LogP contribution is -2.29. The average molecular weight is 369 g/mol. The van der Waals surface area contributed by atoms with E-state index in [1.165, 1.54) is 16.8 Å². The summed E-state index contributed by atoms with van der Waals surface area (Å²) < 4.78 is 8.51. The minimum absolute atomic E-state index is 0.500. The van der Waals surface area contributed by atoms with E-state index in [1.54, 1.807) is 0 Å². The smallest absolute Gasteiger partial charge is 0.132 e. The Balaban J connectivity index is 1.68. The van der Waals surface area contributed by atoms with E-state index in [0.29, 0.717) is 18.0 Å². The molecule has 5 nitrogen and oxygen atoms in total. The molecule has 0 spiro atoms. The number of nitrogens with one attached hydrogen (secondary N) is 2. The summed E-state index contributed by atoms with van der Waals surface area (Å²) in [4.78, 5) is 0. The fourth-order valence-electron chi connectivity index (χ4n) is 4.10. The summed E-state index contributed by atoms with van der Waals surface area (Å²) in [7, 11) is 0. The largest absolute Gasteiger partial charge is 0.492 e. The van der Waals surface area contributed by atoms with Gasteiger partial charge in [0.25, 0.3) is 0 Å². The van der Waals surface area contributed by atoms with E-state index in [-0.39, 0.29) is 0 Å². The van der Waals surface area contributed by atoms with Gasteiger partial charge in [-0.15, -0.1) is 0 Å². The summed E-state index contributed by atoms with van der Waals surface area (Å²) in [6.07, 6.45) is 8.70. The van der Waals surface area contributed by atoms with Crippen LogP contribution in [-0.4, -0.2) is 35.5 Å². The number of ether oxygens (including phenoxy) is 1. The van der Waals surface area contributed by atoms with Crippen molar-refractivity contribution in [3.63, 3.8) is 0 Å². The van der Waals surface area contributed by atoms with Crippen LogP contribution in [0.15, 0.2) is 24.5 Å². The first-order valence-corrected chi connectivity index (χ1v) is 10.4. The molecule has 1 fully saturated rings. The maximum atomic E-state index is 6.35. The van der Waals surface area contributed by atoms with Crippen LogP contribution in [0.5, 0.6) is 5.75 Å². The molecule has 2 aliphatic heterocycles. The monoisotopic (exact) mass is 368 g/mol. The van der Waals surface area contributed by atoms with E-state index in [1.807, 2.05) is 6.20 Å². The second-order valence-electron chi connectivity index (χ2n) is 8.45. The van der Waals surface area contributed by atoms with Crippen molar-refractivity contribution in [2.75, 3.05) is 25.0 Å². The maximum Gasteiger partial charge on any atom is 0.132 e. The third-order valence-electron chi connectivity index (χ3n) is 5.65. The lowest BCUT2D eigenvalue weighted by atomic mass is 9.94. The molecule has 5 heteroatoms. The predicted octanol–water partition coefficient (Wildman–Crippen LogP) is 4.26. The first kappa shape index (κ1) is 18.4. The first-order valence-electron chi connectivity index (χ1n) is 10.4. The number of rotatable bonds is 5. The summed E-state index contributed by atoms with van der Waals surface area (Å²) in [5.41, 5.74) is 4.88. The zero-order chi connectivity index (χ0) is 18.8. The molecular weight excluding hydrogens is 336 g/mol. The molecule has 0 bridgehead atoms. The molecule has 0 aliphatic carbocycles. The SMILES string of the molecule is CC(C)COc1c(-c2cnn(C3CCNCC3)c2)ccc2c1CCC(C)N2. The van der Waals surface area contributed by atoms with Crippen molar-refractivity contribution >= 4 is 5.69 Å². The van der Waals surface area contributed by atoms with Gasteiger partial charge in [-0.3, -0.25) is 4.68 Å². The topological polar surface area (TPSA) is 51.1 Å². The second kappa shape index (κ2) is 7.93. The fraction of sp³-hybridized carbons (Fsp3) is 0.591. The molecule has 0 amide bonds. The summed E-state index contributed by atoms with van der Waals surface area (Å²) in [6.45, 7) is 9.53. The van der Waals surface area contributed by atoms with Crippen molar-refractivity contribution in [3.05, 3.63) is 30.1 Å². The van der Waals surface area contributed by atoms with Gasteiger partial charge in [-0.1, -0.05) is 13.8 Å². The fourth-order valence-corrected chi connectivity index (χ4v) is 4.10. The Morgan fingerprint density at radius 1 is 1.22 bits per heavy atom. The Bertz CT molecular complexity index is 777. The highest BCUT2D eigenvalue weighted by atomic mass is 16.5. The number of fused-ring (bicyclic) bond motifs is 1. The molecule has 2 N–H and O–H groups in total. The minimum atomic E-state index is 0.500. The van der Waals surface area contributed by atoms with Gasteiger partial charge in [-0.05, 0) is 63.7 Å². The van der Waals surface area contributed by atoms with Gasteiger partial charge in [0.1, 0.15) is 5.75 Å². The van der Waals surface area contributed by atoms with E-state index >= 15 is 0 Å². The molecule has 2 aromatic rings. The summed E-state index contributed by atoms with van der Waals surface area (Å²) >= 11 is 0. The standard InChI is InChI=1S/C22H32N4O/c1-15(2)14-27-22-19(6-7-21-20(22)5-4-16(3)25-21)17-12-24-26(13-17)18-8-10-23-11-9-18/h6-7,12-13,15-16,18,23,25H,4-5,8-11,14H2,1-3H3. The molecule has 1 aromatic carbocycles. The Kier molecular flexibility index (Phi) is 5.39. The third-order valence-corrected chi connectivity index (χ3v) is 5.65. The molecule has 1 saturated heterocycles. The van der Waals surface area contributed by atoms with Gasteiger partial charge in [0.15, 0.2) is 0 Å². The summed E-state index contributed by atoms with van der Waals surface area (Å²) in [5, 5.41) is 11.7. The van der Waals surface area contributed by atoms with Crippen molar-refractivity contribution in [3.8, 4) is 16.9 Å². The van der Waals surface area contributed by atoms with Crippen molar-refractivity contribution < 1.29 is 4.74 Å². The lowest BCUT2D eigenvalue weighted by molar-refractivity contribution is 0.269. The zero-order valence-corrected chi connectivity index (χ0v) is 16.8. The molecule has 2 aliphatic rings. The summed E-state index contributed by atoms with van der Waals surface area (Å²) in [6, 6.07) is 5.43. The Morgan fingerprint density at radius 2 is 2.04 bits per heavy atom. The van der Waals surface area contributed by atoms with Gasteiger partial charge in [0, 0.05) is 34.6 Å². The minimum Gasteiger partial charge on any atom is -0.492 e. The number of benzene rings is 1. The van der Waals surface area contributed by atoms with Gasteiger partial charge in [0.2, 0.25) is 0 Å². The molecule has 3 heterocycles. The van der Waals surface area contributed by atoms with Crippen LogP contribution in [0, 0.1) is 5.92 Å². The highest BCUT2D eigenvalue weighted by molar-refractivity contribution is 5.77. The summed E-state index contributed by atoms with van der Waals surface area (Å²) in [5.74, 6) is 1.55. The van der Waals surface area contributed by atoms with Gasteiger partial charge in [-0.2, -0.15) is 5.10 Å². The van der Waals surface area contributed by atoms with Crippen molar-refractivity contribution in [2.24, 2.45) is 5.92 Å². The van der Waals surface area contributed by atoms with Gasteiger partial charge in [0.05, 0.1) is 18.8 Å². The second-order valence-corrected chi connectivity index (χ2v) is 8.45. The van der Waals surface area contributed by atoms with Crippen molar-refractivity contribution in [1.29, 1.82) is 0 Å². The normalized spacial score (nSPS) is 20.4. The van der Waals surface area contributed by atoms with E-state index in [2.05, 4.69) is 54.4 Å². The van der Waals surface area contributed by atoms with Crippen molar-refractivity contribution in [1.82, 2.24) is 15.1 Å². The highest BCUT2D eigenvalue weighted by Gasteiger charge is 2.23. The van der Waals surface area contributed by atoms with E-state index in [9.17, 15) is 0 Å². The number of hydrogen-bond donors (Lipinski definition) is 2. The van der Waals surface area contributed by atoms with E-state index in [4.69, 9.17) is 9.84 Å². The van der Waals surface area contributed by atoms with Crippen LogP contribution in [0.25, 0.3) is 11.1 Å². The quantitative estimate of drug-likeness (QED) is 0.828. The number of hydrogen-bond acceptors (Lipinski definition) is 4. The number of aromatic nitrogens is 2. The van der Waals surface area contributed by atoms with Crippen molar-refractivity contribution in [2.45, 2.75) is 58.5 Å². The Morgan fingerprint density at radius 3 is 2.81 bits per heavy atom. The number of piperidine rings is 1. The predicted molar refractivity (Wildman–Crippen MR) is 111 cm³/mol. The van der Waals surface area contributed by atoms with Gasteiger partial charge < -0.3 is 15.4 Å². The van der Waals surface area contributed by atoms with Crippen LogP contribution in [0.4, 0.5) is 5.69 Å². The zero-order valence-electron chi connectivity index (χ0n) is 16.8. The van der Waals surface area contributed by atoms with Gasteiger partial charge in [-0.25, -0.2) is 0 Å². The number of nitrogens with zero attached hydrogens (tertiary/aromatic N) is 2. The van der Waals surface area contributed by atoms with Crippen LogP contribution >= 0.6 is 0 Å². The Hall–Kier alpha value is -2.01. The molecule has 1 aromatic heterocycles. The van der Waals surface area contributed by atoms with E-state index < -0.39 is 0 Å². The molecule has 0 radical (unpaired) electrons. The first-order chi connectivity index (χ1) is 13.1. The molecule has 146 valence electrons. The van der Waals surface area contributed by atoms with Crippen LogP contribution in [0.2, 0.25) is 0 Å². The number of anilines is 1. The van der Waals surface area contributed by atoms with Crippen LogP contribution < -0.4 is 15.4 Å². The molecule has 27 heavy (non-hydrogen) atoms. The van der Waals surface area contributed by atoms with Gasteiger partial charge >= 0.3 is 0 Å². The van der Waals surface area contributed by atoms with Crippen LogP contribution in [0.1, 0.15) is 51.6 Å². The maximum absolute atomic E-state index is 6.35. The molecule has 1 atom stereocenters. The third kappa shape index (κ3) is 3.98. The Labute approximate surface area is 162 Å². The average Bonchev–Trinajstić information content (AvgIpc) is 3.16. The molecule has 0 saturated carbocycles. The van der Waals surface area contributed by atoms with E-state index in [0.717, 1.165) is 56.7 Å². The molecule has 4 rings (SSSR count). The molecule has 1 unspecified atom stereocenters. The van der Waals surface area contributed by atoms with Crippen LogP contribution in [-0.2, 0) is 6.42 Å². The van der Waals surface area contributed by atoms with Crippen LogP contribution in [0.3, 0.4) is 0 Å².